The van der Waals surface area contributed by atoms with Crippen molar-refractivity contribution in [3.05, 3.63) is 47.7 Å². The fourth-order valence-electron chi connectivity index (χ4n) is 6.00. The molecular formula is C33H50N2O6. The van der Waals surface area contributed by atoms with Crippen LogP contribution >= 0.6 is 0 Å². The van der Waals surface area contributed by atoms with Gasteiger partial charge in [-0.1, -0.05) is 82.7 Å². The average Bonchev–Trinajstić information content (AvgIpc) is 2.97. The van der Waals surface area contributed by atoms with Crippen molar-refractivity contribution in [3.8, 4) is 0 Å². The lowest BCUT2D eigenvalue weighted by Gasteiger charge is -2.51. The lowest BCUT2D eigenvalue weighted by atomic mass is 9.66. The van der Waals surface area contributed by atoms with Gasteiger partial charge in [0.2, 0.25) is 11.8 Å². The first-order valence-corrected chi connectivity index (χ1v) is 15.5. The quantitative estimate of drug-likeness (QED) is 0.195. The monoisotopic (exact) mass is 570 g/mol. The van der Waals surface area contributed by atoms with Gasteiger partial charge in [0, 0.05) is 31.1 Å². The average molecular weight is 571 g/mol. The molecule has 0 aliphatic carbocycles. The van der Waals surface area contributed by atoms with Gasteiger partial charge in [0.15, 0.2) is 0 Å². The van der Waals surface area contributed by atoms with Crippen LogP contribution in [-0.2, 0) is 35.2 Å². The van der Waals surface area contributed by atoms with E-state index in [1.54, 1.807) is 4.90 Å². The molecule has 228 valence electrons. The molecule has 0 aromatic heterocycles. The van der Waals surface area contributed by atoms with Crippen LogP contribution in [0.1, 0.15) is 90.5 Å². The van der Waals surface area contributed by atoms with Crippen LogP contribution < -0.4 is 5.32 Å². The largest absolute Gasteiger partial charge is 0.468 e. The summed E-state index contributed by atoms with van der Waals surface area (Å²) >= 11 is 0. The van der Waals surface area contributed by atoms with Crippen LogP contribution in [0.3, 0.4) is 0 Å². The normalized spacial score (nSPS) is 24.0. The van der Waals surface area contributed by atoms with Crippen molar-refractivity contribution in [2.24, 2.45) is 11.3 Å². The summed E-state index contributed by atoms with van der Waals surface area (Å²) in [7, 11) is 1.37. The maximum absolute atomic E-state index is 14.0. The first kappa shape index (κ1) is 32.8. The Bertz CT molecular complexity index is 1010. The molecule has 0 radical (unpaired) electrons. The topological polar surface area (TPSA) is 94.2 Å². The fourth-order valence-corrected chi connectivity index (χ4v) is 6.00. The van der Waals surface area contributed by atoms with E-state index in [0.29, 0.717) is 32.0 Å². The second kappa shape index (κ2) is 16.7. The lowest BCUT2D eigenvalue weighted by molar-refractivity contribution is -0.178. The molecule has 2 heterocycles. The van der Waals surface area contributed by atoms with Gasteiger partial charge >= 0.3 is 5.97 Å². The minimum absolute atomic E-state index is 0.0396. The molecule has 0 bridgehead atoms. The van der Waals surface area contributed by atoms with E-state index >= 15 is 0 Å². The summed E-state index contributed by atoms with van der Waals surface area (Å²) in [6, 6.07) is 9.92. The number of rotatable bonds is 17. The lowest BCUT2D eigenvalue weighted by Crippen LogP contribution is -2.60. The number of fused-ring (bicyclic) bond motifs is 1. The number of amides is 2. The van der Waals surface area contributed by atoms with E-state index in [-0.39, 0.29) is 24.7 Å². The maximum Gasteiger partial charge on any atom is 0.320 e. The molecule has 4 atom stereocenters. The summed E-state index contributed by atoms with van der Waals surface area (Å²) in [5.41, 5.74) is 0.526. The third-order valence-electron chi connectivity index (χ3n) is 8.31. The smallest absolute Gasteiger partial charge is 0.320 e. The molecule has 1 N–H and O–H groups in total. The summed E-state index contributed by atoms with van der Waals surface area (Å²) in [6.07, 6.45) is 9.45. The summed E-state index contributed by atoms with van der Waals surface area (Å²) in [6.45, 7) is 7.93. The second-order valence-corrected chi connectivity index (χ2v) is 11.4. The molecule has 2 amide bonds. The van der Waals surface area contributed by atoms with Crippen molar-refractivity contribution in [2.75, 3.05) is 26.8 Å². The number of benzene rings is 1. The molecule has 0 unspecified atom stereocenters. The molecule has 1 fully saturated rings. The van der Waals surface area contributed by atoms with Crippen molar-refractivity contribution < 1.29 is 28.6 Å². The molecule has 1 aromatic carbocycles. The zero-order valence-electron chi connectivity index (χ0n) is 25.5. The van der Waals surface area contributed by atoms with Gasteiger partial charge in [-0.15, -0.1) is 0 Å². The third kappa shape index (κ3) is 8.65. The van der Waals surface area contributed by atoms with Gasteiger partial charge in [-0.25, -0.2) is 0 Å². The van der Waals surface area contributed by atoms with Crippen molar-refractivity contribution in [1.29, 1.82) is 0 Å². The van der Waals surface area contributed by atoms with E-state index in [1.807, 2.05) is 43.3 Å². The van der Waals surface area contributed by atoms with Crippen molar-refractivity contribution in [1.82, 2.24) is 10.2 Å². The van der Waals surface area contributed by atoms with Crippen LogP contribution in [-0.4, -0.2) is 61.7 Å². The zero-order chi connectivity index (χ0) is 29.7. The number of unbranched alkanes of at least 4 members (excludes halogenated alkanes) is 6. The molecule has 2 aliphatic rings. The van der Waals surface area contributed by atoms with Gasteiger partial charge in [-0.3, -0.25) is 14.4 Å². The van der Waals surface area contributed by atoms with Crippen molar-refractivity contribution in [3.63, 3.8) is 0 Å². The number of hydrogen-bond donors (Lipinski definition) is 1. The van der Waals surface area contributed by atoms with E-state index in [0.717, 1.165) is 37.7 Å². The predicted octanol–water partition coefficient (Wildman–Crippen LogP) is 5.55. The molecule has 8 heteroatoms. The Morgan fingerprint density at radius 3 is 2.46 bits per heavy atom. The van der Waals surface area contributed by atoms with Crippen LogP contribution in [0.4, 0.5) is 0 Å². The Morgan fingerprint density at radius 1 is 1.05 bits per heavy atom. The van der Waals surface area contributed by atoms with Crippen LogP contribution in [0.25, 0.3) is 0 Å². The van der Waals surface area contributed by atoms with Gasteiger partial charge in [0.05, 0.1) is 26.4 Å². The first-order valence-electron chi connectivity index (χ1n) is 15.5. The Morgan fingerprint density at radius 2 is 1.76 bits per heavy atom. The summed E-state index contributed by atoms with van der Waals surface area (Å²) in [4.78, 5) is 42.1. The summed E-state index contributed by atoms with van der Waals surface area (Å²) < 4.78 is 17.7. The maximum atomic E-state index is 14.0. The predicted molar refractivity (Wildman–Crippen MR) is 159 cm³/mol. The molecule has 0 saturated carbocycles. The minimum atomic E-state index is -1.17. The van der Waals surface area contributed by atoms with E-state index < -0.39 is 29.5 Å². The first-order chi connectivity index (χ1) is 19.9. The van der Waals surface area contributed by atoms with Crippen LogP contribution in [0, 0.1) is 11.3 Å². The van der Waals surface area contributed by atoms with Crippen LogP contribution in [0.15, 0.2) is 42.1 Å². The molecule has 2 aliphatic heterocycles. The summed E-state index contributed by atoms with van der Waals surface area (Å²) in [5, 5.41) is 2.93. The summed E-state index contributed by atoms with van der Waals surface area (Å²) in [5.74, 6) is -1.34. The van der Waals surface area contributed by atoms with E-state index in [9.17, 15) is 14.4 Å². The molecule has 8 nitrogen and oxygen atoms in total. The highest BCUT2D eigenvalue weighted by atomic mass is 16.5. The highest BCUT2D eigenvalue weighted by molar-refractivity contribution is 5.92. The SMILES string of the molecule is CCCCCCCCN1C(=O)[C@@H](CC(=O)NCCCC)C[C@@]2(C(=O)OC)C1=C[C@H](COCc1ccccc1)O[C@@H]2C. The molecular weight excluding hydrogens is 520 g/mol. The van der Waals surface area contributed by atoms with Gasteiger partial charge in [-0.05, 0) is 37.8 Å². The molecule has 1 aromatic rings. The second-order valence-electron chi connectivity index (χ2n) is 11.4. The highest BCUT2D eigenvalue weighted by Gasteiger charge is 2.59. The number of hydrogen-bond acceptors (Lipinski definition) is 6. The van der Waals surface area contributed by atoms with E-state index in [4.69, 9.17) is 14.2 Å². The molecule has 1 saturated heterocycles. The Balaban J connectivity index is 1.85. The van der Waals surface area contributed by atoms with Crippen LogP contribution in [0.2, 0.25) is 0 Å². The van der Waals surface area contributed by atoms with Gasteiger partial charge in [-0.2, -0.15) is 0 Å². The Hall–Kier alpha value is -2.71. The third-order valence-corrected chi connectivity index (χ3v) is 8.31. The number of ether oxygens (including phenoxy) is 3. The number of piperidine rings is 1. The molecule has 0 spiro atoms. The van der Waals surface area contributed by atoms with Crippen molar-refractivity contribution in [2.45, 2.75) is 104 Å². The van der Waals surface area contributed by atoms with Gasteiger partial charge in [0.25, 0.3) is 0 Å². The molecule has 3 rings (SSSR count). The number of nitrogens with zero attached hydrogens (tertiary/aromatic N) is 1. The van der Waals surface area contributed by atoms with E-state index in [1.165, 1.54) is 26.4 Å². The van der Waals surface area contributed by atoms with Crippen LogP contribution in [0.5, 0.6) is 0 Å². The fraction of sp³-hybridized carbons (Fsp3) is 0.667. The number of nitrogens with one attached hydrogen (secondary N) is 1. The number of carbonyl (C=O) groups excluding carboxylic acids is 3. The van der Waals surface area contributed by atoms with Gasteiger partial charge in [0.1, 0.15) is 11.5 Å². The standard InChI is InChI=1S/C33H50N2O6/c1-5-7-9-10-11-15-19-35-29-21-28(24-40-23-26-16-13-12-14-17-26)41-25(3)33(29,32(38)39-4)22-27(31(35)37)20-30(36)34-18-8-6-2/h12-14,16-17,21,25,27-28H,5-11,15,18-20,22-24H2,1-4H3,(H,34,36)/t25-,27+,28-,33+/m1/s1. The number of methoxy groups -OCH3 is 1. The number of esters is 1. The minimum Gasteiger partial charge on any atom is -0.468 e. The Labute approximate surface area is 246 Å². The van der Waals surface area contributed by atoms with E-state index in [2.05, 4.69) is 19.2 Å². The molecule has 41 heavy (non-hydrogen) atoms. The highest BCUT2D eigenvalue weighted by Crippen LogP contribution is 2.50. The number of carbonyl (C=O) groups is 3. The van der Waals surface area contributed by atoms with Crippen molar-refractivity contribution >= 4 is 17.8 Å². The zero-order valence-corrected chi connectivity index (χ0v) is 25.5. The van der Waals surface area contributed by atoms with Gasteiger partial charge < -0.3 is 24.4 Å². The Kier molecular flexibility index (Phi) is 13.3. The number of likely N-dealkylation sites (tertiary alicyclic amines) is 1.